The molecule has 4 fully saturated rings. The first-order valence-electron chi connectivity index (χ1n) is 18.0. The molecule has 2 atom stereocenters. The molecule has 0 aromatic carbocycles. The summed E-state index contributed by atoms with van der Waals surface area (Å²) in [4.78, 5) is 73.4. The average molecular weight is 701 g/mol. The Morgan fingerprint density at radius 3 is 1.94 bits per heavy atom. The number of hydrogen-bond donors (Lipinski definition) is 3. The number of amides is 5. The van der Waals surface area contributed by atoms with E-state index in [0.717, 1.165) is 45.3 Å². The topological polar surface area (TPSA) is 167 Å². The van der Waals surface area contributed by atoms with Gasteiger partial charge in [-0.3, -0.25) is 14.7 Å². The molecule has 0 bridgehead atoms. The Labute approximate surface area is 294 Å². The van der Waals surface area contributed by atoms with Gasteiger partial charge in [0.05, 0.1) is 0 Å². The van der Waals surface area contributed by atoms with Gasteiger partial charge in [0.2, 0.25) is 5.91 Å². The molecule has 3 heterocycles. The second-order valence-electron chi connectivity index (χ2n) is 16.9. The Hall–Kier alpha value is -3.88. The summed E-state index contributed by atoms with van der Waals surface area (Å²) in [6.45, 7) is 18.3. The van der Waals surface area contributed by atoms with E-state index in [9.17, 15) is 24.0 Å². The number of rotatable bonds is 7. The zero-order valence-electron chi connectivity index (χ0n) is 30.9. The Morgan fingerprint density at radius 1 is 0.820 bits per heavy atom. The van der Waals surface area contributed by atoms with Crippen LogP contribution in [0.5, 0.6) is 0 Å². The van der Waals surface area contributed by atoms with Crippen molar-refractivity contribution >= 4 is 29.9 Å². The summed E-state index contributed by atoms with van der Waals surface area (Å²) in [6.07, 6.45) is 4.58. The number of hydrogen-bond acceptors (Lipinski definition) is 9. The highest BCUT2D eigenvalue weighted by atomic mass is 16.6. The molecular weight excluding hydrogens is 644 g/mol. The molecule has 1 aromatic rings. The number of fused-ring (bicyclic) bond motifs is 1. The van der Waals surface area contributed by atoms with Crippen LogP contribution in [0.15, 0.2) is 17.1 Å². The number of urea groups is 1. The van der Waals surface area contributed by atoms with E-state index in [1.165, 1.54) is 0 Å². The summed E-state index contributed by atoms with van der Waals surface area (Å²) in [6, 6.07) is 1.57. The molecule has 278 valence electrons. The normalized spacial score (nSPS) is 25.7. The van der Waals surface area contributed by atoms with E-state index >= 15 is 0 Å². The molecule has 5 rings (SSSR count). The van der Waals surface area contributed by atoms with Gasteiger partial charge < -0.3 is 34.8 Å². The van der Waals surface area contributed by atoms with Gasteiger partial charge >= 0.3 is 23.9 Å². The van der Waals surface area contributed by atoms with Crippen molar-refractivity contribution in [3.05, 3.63) is 22.7 Å². The van der Waals surface area contributed by atoms with Crippen LogP contribution in [0.4, 0.5) is 20.2 Å². The maximum Gasteiger partial charge on any atom is 0.408 e. The van der Waals surface area contributed by atoms with Crippen molar-refractivity contribution in [1.82, 2.24) is 34.9 Å². The number of likely N-dealkylation sites (tertiary alicyclic amines) is 1. The highest BCUT2D eigenvalue weighted by Gasteiger charge is 2.56. The first-order valence-corrected chi connectivity index (χ1v) is 18.0. The predicted octanol–water partition coefficient (Wildman–Crippen LogP) is 3.41. The fraction of sp³-hybridized carbons (Fsp3) is 0.771. The monoisotopic (exact) mass is 700 g/mol. The van der Waals surface area contributed by atoms with Crippen LogP contribution in [0.25, 0.3) is 0 Å². The van der Waals surface area contributed by atoms with Crippen molar-refractivity contribution in [2.45, 2.75) is 110 Å². The summed E-state index contributed by atoms with van der Waals surface area (Å²) in [7, 11) is 0. The van der Waals surface area contributed by atoms with Gasteiger partial charge in [0.1, 0.15) is 22.6 Å². The fourth-order valence-corrected chi connectivity index (χ4v) is 7.46. The number of piperidine rings is 1. The SMILES string of the molecule is CC(C)(C)OC(=O)NC1C2CN(CC3CCC(n4ccc(NC(=O)N5CCN(C(=O)C(C)(C)NC(=O)OC(C)(C)C)CC5)nc4=O)CC3)CC21. The van der Waals surface area contributed by atoms with Crippen LogP contribution in [0.2, 0.25) is 0 Å². The Bertz CT molecular complexity index is 1470. The Morgan fingerprint density at radius 2 is 1.38 bits per heavy atom. The lowest BCUT2D eigenvalue weighted by Crippen LogP contribution is -2.60. The standard InChI is InChI=1S/C35H56N8O7/c1-33(2,3)49-31(47)38-27-24-20-40(21-25(24)27)19-22-9-11-23(12-10-22)43-14-13-26(37-30(43)46)36-29(45)42-17-15-41(16-18-42)28(44)35(7,8)39-32(48)50-34(4,5)6/h13-14,22-25,27H,9-12,15-21H2,1-8H3,(H,38,47)(H,39,48)(H,36,37,45,46). The van der Waals surface area contributed by atoms with Crippen LogP contribution in [0.1, 0.15) is 87.1 Å². The number of alkyl carbamates (subject to hydrolysis) is 2. The zero-order valence-corrected chi connectivity index (χ0v) is 30.9. The van der Waals surface area contributed by atoms with Crippen molar-refractivity contribution < 1.29 is 28.7 Å². The molecular formula is C35H56N8O7. The number of ether oxygens (including phenoxy) is 2. The van der Waals surface area contributed by atoms with Crippen molar-refractivity contribution in [2.24, 2.45) is 17.8 Å². The van der Waals surface area contributed by atoms with Gasteiger partial charge in [-0.05, 0) is 105 Å². The summed E-state index contributed by atoms with van der Waals surface area (Å²) in [5.74, 6) is 1.51. The van der Waals surface area contributed by atoms with Gasteiger partial charge in [-0.2, -0.15) is 4.98 Å². The van der Waals surface area contributed by atoms with E-state index in [4.69, 9.17) is 9.47 Å². The maximum absolute atomic E-state index is 13.1. The van der Waals surface area contributed by atoms with Crippen LogP contribution in [0.3, 0.4) is 0 Å². The molecule has 4 aliphatic rings. The van der Waals surface area contributed by atoms with Gasteiger partial charge in [-0.15, -0.1) is 0 Å². The van der Waals surface area contributed by atoms with Crippen molar-refractivity contribution in [2.75, 3.05) is 51.1 Å². The number of anilines is 1. The van der Waals surface area contributed by atoms with Crippen LogP contribution in [-0.2, 0) is 14.3 Å². The molecule has 3 N–H and O–H groups in total. The largest absolute Gasteiger partial charge is 0.444 e. The molecule has 1 aromatic heterocycles. The fourth-order valence-electron chi connectivity index (χ4n) is 7.46. The number of piperazine rings is 1. The molecule has 5 amide bonds. The van der Waals surface area contributed by atoms with Crippen molar-refractivity contribution in [3.8, 4) is 0 Å². The third-order valence-electron chi connectivity index (χ3n) is 9.95. The second-order valence-corrected chi connectivity index (χ2v) is 16.9. The van der Waals surface area contributed by atoms with Gasteiger partial charge in [0.25, 0.3) is 0 Å². The minimum absolute atomic E-state index is 0.0741. The Kier molecular flexibility index (Phi) is 10.8. The molecule has 2 saturated carbocycles. The van der Waals surface area contributed by atoms with E-state index in [0.29, 0.717) is 43.9 Å². The number of nitrogens with one attached hydrogen (secondary N) is 3. The van der Waals surface area contributed by atoms with Crippen LogP contribution in [0, 0.1) is 17.8 Å². The van der Waals surface area contributed by atoms with E-state index in [2.05, 4.69) is 25.8 Å². The quantitative estimate of drug-likeness (QED) is 0.386. The molecule has 0 spiro atoms. The number of carbonyl (C=O) groups excluding carboxylic acids is 4. The minimum atomic E-state index is -1.18. The second kappa shape index (κ2) is 14.4. The smallest absolute Gasteiger partial charge is 0.408 e. The van der Waals surface area contributed by atoms with Crippen LogP contribution < -0.4 is 21.6 Å². The Balaban J connectivity index is 1.01. The van der Waals surface area contributed by atoms with Crippen molar-refractivity contribution in [3.63, 3.8) is 0 Å². The first kappa shape index (κ1) is 37.4. The van der Waals surface area contributed by atoms with Crippen LogP contribution >= 0.6 is 0 Å². The lowest BCUT2D eigenvalue weighted by atomic mass is 9.85. The van der Waals surface area contributed by atoms with E-state index in [-0.39, 0.29) is 41.6 Å². The van der Waals surface area contributed by atoms with E-state index in [1.807, 2.05) is 20.8 Å². The highest BCUT2D eigenvalue weighted by molar-refractivity contribution is 5.90. The van der Waals surface area contributed by atoms with Gasteiger partial charge in [0.15, 0.2) is 0 Å². The third-order valence-corrected chi connectivity index (χ3v) is 9.95. The minimum Gasteiger partial charge on any atom is -0.444 e. The highest BCUT2D eigenvalue weighted by Crippen LogP contribution is 2.46. The summed E-state index contributed by atoms with van der Waals surface area (Å²) in [5.41, 5.74) is -2.75. The molecule has 2 aliphatic heterocycles. The number of carbonyl (C=O) groups is 4. The predicted molar refractivity (Wildman–Crippen MR) is 187 cm³/mol. The maximum atomic E-state index is 13.1. The number of nitrogens with zero attached hydrogens (tertiary/aromatic N) is 5. The lowest BCUT2D eigenvalue weighted by Gasteiger charge is -2.38. The molecule has 15 heteroatoms. The van der Waals surface area contributed by atoms with E-state index < -0.39 is 22.8 Å². The third kappa shape index (κ3) is 9.67. The molecule has 50 heavy (non-hydrogen) atoms. The molecule has 2 saturated heterocycles. The molecule has 2 aliphatic carbocycles. The molecule has 15 nitrogen and oxygen atoms in total. The summed E-state index contributed by atoms with van der Waals surface area (Å²) in [5, 5.41) is 8.41. The average Bonchev–Trinajstić information content (AvgIpc) is 3.42. The van der Waals surface area contributed by atoms with Gasteiger partial charge in [0, 0.05) is 64.1 Å². The zero-order chi connectivity index (χ0) is 36.6. The molecule has 2 unspecified atom stereocenters. The molecule has 0 radical (unpaired) electrons. The first-order chi connectivity index (χ1) is 23.3. The lowest BCUT2D eigenvalue weighted by molar-refractivity contribution is -0.138. The van der Waals surface area contributed by atoms with Crippen molar-refractivity contribution in [1.29, 1.82) is 0 Å². The van der Waals surface area contributed by atoms with Gasteiger partial charge in [-0.1, -0.05) is 0 Å². The van der Waals surface area contributed by atoms with Crippen LogP contribution in [-0.4, -0.2) is 117 Å². The van der Waals surface area contributed by atoms with Gasteiger partial charge in [-0.25, -0.2) is 19.2 Å². The van der Waals surface area contributed by atoms with E-state index in [1.54, 1.807) is 61.2 Å². The summed E-state index contributed by atoms with van der Waals surface area (Å²) < 4.78 is 12.4. The summed E-state index contributed by atoms with van der Waals surface area (Å²) >= 11 is 0. The number of aromatic nitrogens is 2.